The van der Waals surface area contributed by atoms with E-state index in [4.69, 9.17) is 4.74 Å². The molecule has 0 aliphatic carbocycles. The van der Waals surface area contributed by atoms with Crippen LogP contribution in [-0.4, -0.2) is 18.5 Å². The van der Waals surface area contributed by atoms with Crippen molar-refractivity contribution >= 4 is 33.5 Å². The lowest BCUT2D eigenvalue weighted by Gasteiger charge is -2.32. The van der Waals surface area contributed by atoms with Crippen LogP contribution in [0.3, 0.4) is 0 Å². The van der Waals surface area contributed by atoms with Crippen molar-refractivity contribution in [2.24, 2.45) is 0 Å². The fraction of sp³-hybridized carbons (Fsp3) is 0.200. The molecule has 1 unspecified atom stereocenters. The van der Waals surface area contributed by atoms with Crippen molar-refractivity contribution < 1.29 is 14.3 Å². The van der Waals surface area contributed by atoms with Crippen molar-refractivity contribution in [1.29, 1.82) is 0 Å². The first kappa shape index (κ1) is 16.1. The van der Waals surface area contributed by atoms with Gasteiger partial charge in [0.2, 0.25) is 5.91 Å². The van der Waals surface area contributed by atoms with E-state index < -0.39 is 0 Å². The van der Waals surface area contributed by atoms with Gasteiger partial charge in [-0.05, 0) is 36.2 Å². The maximum atomic E-state index is 13.0. The van der Waals surface area contributed by atoms with Crippen LogP contribution in [0.2, 0.25) is 0 Å². The molecule has 1 amide bonds. The number of hydrogen-bond donors (Lipinski definition) is 0. The Morgan fingerprint density at radius 3 is 2.68 bits per heavy atom. The van der Waals surface area contributed by atoms with E-state index in [0.717, 1.165) is 21.3 Å². The first-order valence-corrected chi connectivity index (χ1v) is 8.90. The molecular formula is C20H16BrNO3. The minimum absolute atomic E-state index is 0.0246. The number of ether oxygens (including phenoxy) is 1. The van der Waals surface area contributed by atoms with Gasteiger partial charge in [-0.25, -0.2) is 4.79 Å². The number of aryl methyl sites for hydroxylation is 1. The Labute approximate surface area is 154 Å². The van der Waals surface area contributed by atoms with Crippen molar-refractivity contribution in [3.05, 3.63) is 75.4 Å². The molecule has 0 saturated carbocycles. The molecule has 2 aliphatic heterocycles. The molecule has 2 heterocycles. The van der Waals surface area contributed by atoms with Gasteiger partial charge in [-0.2, -0.15) is 0 Å². The third-order valence-corrected chi connectivity index (χ3v) is 5.24. The van der Waals surface area contributed by atoms with Crippen LogP contribution in [0.15, 0.2) is 64.3 Å². The third-order valence-electron chi connectivity index (χ3n) is 4.75. The van der Waals surface area contributed by atoms with E-state index in [0.29, 0.717) is 11.3 Å². The molecule has 25 heavy (non-hydrogen) atoms. The highest BCUT2D eigenvalue weighted by molar-refractivity contribution is 9.10. The molecule has 0 N–H and O–H groups in total. The molecule has 2 aliphatic rings. The summed E-state index contributed by atoms with van der Waals surface area (Å²) >= 11 is 3.44. The SMILES string of the molecule is Cc1ccccc1C1CC(=O)N(c2cccc(Br)c2)C2=C1C(=O)OC2. The molecule has 0 saturated heterocycles. The number of halogens is 1. The van der Waals surface area contributed by atoms with E-state index in [-0.39, 0.29) is 30.8 Å². The fourth-order valence-corrected chi connectivity index (χ4v) is 4.00. The van der Waals surface area contributed by atoms with Crippen LogP contribution >= 0.6 is 15.9 Å². The van der Waals surface area contributed by atoms with Gasteiger partial charge in [0.1, 0.15) is 6.61 Å². The Morgan fingerprint density at radius 1 is 1.12 bits per heavy atom. The van der Waals surface area contributed by atoms with Crippen LogP contribution in [0.1, 0.15) is 23.5 Å². The molecule has 0 bridgehead atoms. The predicted molar refractivity (Wildman–Crippen MR) is 98.2 cm³/mol. The topological polar surface area (TPSA) is 46.6 Å². The number of amides is 1. The summed E-state index contributed by atoms with van der Waals surface area (Å²) in [7, 11) is 0. The third kappa shape index (κ3) is 2.68. The van der Waals surface area contributed by atoms with E-state index in [2.05, 4.69) is 15.9 Å². The summed E-state index contributed by atoms with van der Waals surface area (Å²) in [4.78, 5) is 27.0. The number of esters is 1. The molecule has 4 nitrogen and oxygen atoms in total. The Morgan fingerprint density at radius 2 is 1.92 bits per heavy atom. The van der Waals surface area contributed by atoms with Gasteiger partial charge in [0.05, 0.1) is 11.3 Å². The molecule has 2 aromatic carbocycles. The molecule has 0 aromatic heterocycles. The first-order chi connectivity index (χ1) is 12.1. The van der Waals surface area contributed by atoms with Crippen molar-refractivity contribution in [1.82, 2.24) is 0 Å². The van der Waals surface area contributed by atoms with Gasteiger partial charge in [0, 0.05) is 22.5 Å². The van der Waals surface area contributed by atoms with Crippen LogP contribution in [0.4, 0.5) is 5.69 Å². The summed E-state index contributed by atoms with van der Waals surface area (Å²) in [6.45, 7) is 2.13. The van der Waals surface area contributed by atoms with Crippen molar-refractivity contribution in [2.75, 3.05) is 11.5 Å². The smallest absolute Gasteiger partial charge is 0.336 e. The zero-order valence-electron chi connectivity index (χ0n) is 13.7. The maximum Gasteiger partial charge on any atom is 0.336 e. The van der Waals surface area contributed by atoms with E-state index >= 15 is 0 Å². The summed E-state index contributed by atoms with van der Waals surface area (Å²) in [6.07, 6.45) is 0.255. The van der Waals surface area contributed by atoms with Gasteiger partial charge in [0.25, 0.3) is 0 Å². The number of nitrogens with zero attached hydrogens (tertiary/aromatic N) is 1. The van der Waals surface area contributed by atoms with E-state index in [1.807, 2.05) is 55.5 Å². The molecule has 0 spiro atoms. The van der Waals surface area contributed by atoms with Crippen LogP contribution in [-0.2, 0) is 14.3 Å². The summed E-state index contributed by atoms with van der Waals surface area (Å²) in [6, 6.07) is 15.4. The molecule has 2 aromatic rings. The average Bonchev–Trinajstić information content (AvgIpc) is 2.96. The van der Waals surface area contributed by atoms with Crippen molar-refractivity contribution in [2.45, 2.75) is 19.3 Å². The van der Waals surface area contributed by atoms with Crippen LogP contribution < -0.4 is 4.90 Å². The second-order valence-corrected chi connectivity index (χ2v) is 7.17. The first-order valence-electron chi connectivity index (χ1n) is 8.10. The second-order valence-electron chi connectivity index (χ2n) is 6.26. The molecule has 4 rings (SSSR count). The van der Waals surface area contributed by atoms with Gasteiger partial charge < -0.3 is 4.74 Å². The van der Waals surface area contributed by atoms with Crippen LogP contribution in [0.5, 0.6) is 0 Å². The average molecular weight is 398 g/mol. The van der Waals surface area contributed by atoms with E-state index in [1.54, 1.807) is 4.90 Å². The standard InChI is InChI=1S/C20H16BrNO3/c1-12-5-2-3-8-15(12)16-10-18(23)22(14-7-4-6-13(21)9-14)17-11-25-20(24)19(16)17/h2-9,16H,10-11H2,1H3. The Balaban J connectivity index is 1.86. The molecule has 1 atom stereocenters. The molecule has 5 heteroatoms. The molecule has 126 valence electrons. The highest BCUT2D eigenvalue weighted by atomic mass is 79.9. The molecular weight excluding hydrogens is 382 g/mol. The minimum Gasteiger partial charge on any atom is -0.456 e. The van der Waals surface area contributed by atoms with E-state index in [9.17, 15) is 9.59 Å². The summed E-state index contributed by atoms with van der Waals surface area (Å²) < 4.78 is 6.18. The van der Waals surface area contributed by atoms with Crippen molar-refractivity contribution in [3.8, 4) is 0 Å². The lowest BCUT2D eigenvalue weighted by Crippen LogP contribution is -2.37. The number of anilines is 1. The van der Waals surface area contributed by atoms with Gasteiger partial charge in [0.15, 0.2) is 0 Å². The lowest BCUT2D eigenvalue weighted by atomic mass is 9.82. The van der Waals surface area contributed by atoms with Gasteiger partial charge in [-0.1, -0.05) is 46.3 Å². The lowest BCUT2D eigenvalue weighted by molar-refractivity contribution is -0.136. The number of benzene rings is 2. The number of rotatable bonds is 2. The Bertz CT molecular complexity index is 919. The number of carbonyl (C=O) groups is 2. The number of carbonyl (C=O) groups excluding carboxylic acids is 2. The largest absolute Gasteiger partial charge is 0.456 e. The van der Waals surface area contributed by atoms with Gasteiger partial charge in [-0.15, -0.1) is 0 Å². The Hall–Kier alpha value is -2.40. The van der Waals surface area contributed by atoms with E-state index in [1.165, 1.54) is 0 Å². The highest BCUT2D eigenvalue weighted by Crippen LogP contribution is 2.42. The monoisotopic (exact) mass is 397 g/mol. The fourth-order valence-electron chi connectivity index (χ4n) is 3.61. The Kier molecular flexibility index (Phi) is 3.96. The van der Waals surface area contributed by atoms with Crippen molar-refractivity contribution in [3.63, 3.8) is 0 Å². The minimum atomic E-state index is -0.323. The maximum absolute atomic E-state index is 13.0. The summed E-state index contributed by atoms with van der Waals surface area (Å²) in [5, 5.41) is 0. The number of cyclic esters (lactones) is 1. The molecule has 0 fully saturated rings. The number of hydrogen-bond acceptors (Lipinski definition) is 3. The molecule has 0 radical (unpaired) electrons. The highest BCUT2D eigenvalue weighted by Gasteiger charge is 2.43. The normalized spacial score (nSPS) is 19.9. The zero-order chi connectivity index (χ0) is 17.6. The second kappa shape index (κ2) is 6.15. The summed E-state index contributed by atoms with van der Waals surface area (Å²) in [5.41, 5.74) is 4.09. The van der Waals surface area contributed by atoms with Crippen LogP contribution in [0, 0.1) is 6.92 Å². The predicted octanol–water partition coefficient (Wildman–Crippen LogP) is 4.09. The summed E-state index contributed by atoms with van der Waals surface area (Å²) in [5.74, 6) is -0.596. The van der Waals surface area contributed by atoms with Gasteiger partial charge >= 0.3 is 5.97 Å². The van der Waals surface area contributed by atoms with Crippen LogP contribution in [0.25, 0.3) is 0 Å². The zero-order valence-corrected chi connectivity index (χ0v) is 15.2. The van der Waals surface area contributed by atoms with Gasteiger partial charge in [-0.3, -0.25) is 9.69 Å². The quantitative estimate of drug-likeness (QED) is 0.716.